The maximum Gasteiger partial charge on any atom is 0.247 e. The molecule has 7 heteroatoms. The van der Waals surface area contributed by atoms with Crippen LogP contribution < -0.4 is 5.32 Å². The highest BCUT2D eigenvalue weighted by Crippen LogP contribution is 2.25. The number of likely N-dealkylation sites (N-methyl/N-ethyl adjacent to an activating group) is 1. The quantitative estimate of drug-likeness (QED) is 0.879. The fourth-order valence-electron chi connectivity index (χ4n) is 2.19. The highest BCUT2D eigenvalue weighted by Gasteiger charge is 2.25. The number of amides is 1. The highest BCUT2D eigenvalue weighted by atomic mass is 35.5. The first-order valence-electron chi connectivity index (χ1n) is 7.62. The molecule has 122 valence electrons. The maximum absolute atomic E-state index is 11.9. The number of aromatic nitrogens is 2. The summed E-state index contributed by atoms with van der Waals surface area (Å²) in [6.45, 7) is 2.23. The zero-order valence-corrected chi connectivity index (χ0v) is 13.9. The van der Waals surface area contributed by atoms with Gasteiger partial charge in [0.2, 0.25) is 17.7 Å². The number of carbonyl (C=O) groups is 1. The molecule has 1 atom stereocenters. The van der Waals surface area contributed by atoms with E-state index in [2.05, 4.69) is 15.5 Å². The zero-order chi connectivity index (χ0) is 16.4. The van der Waals surface area contributed by atoms with Crippen LogP contribution in [0.3, 0.4) is 0 Å². The van der Waals surface area contributed by atoms with Gasteiger partial charge in [-0.25, -0.2) is 0 Å². The van der Waals surface area contributed by atoms with Gasteiger partial charge < -0.3 is 9.73 Å². The second-order valence-electron chi connectivity index (χ2n) is 5.89. The molecule has 1 aromatic carbocycles. The van der Waals surface area contributed by atoms with Crippen molar-refractivity contribution in [3.05, 3.63) is 35.2 Å². The number of rotatable bonds is 6. The molecule has 1 N–H and O–H groups in total. The normalized spacial score (nSPS) is 15.7. The Balaban J connectivity index is 1.65. The SMILES string of the molecule is C[C@H](c1nnc(-c2cccc(Cl)c2)o1)N(C)CC(=O)NC1CC1. The molecule has 0 spiro atoms. The van der Waals surface area contributed by atoms with E-state index in [1.54, 1.807) is 12.1 Å². The number of hydrogen-bond acceptors (Lipinski definition) is 5. The molecule has 6 nitrogen and oxygen atoms in total. The predicted molar refractivity (Wildman–Crippen MR) is 87.0 cm³/mol. The number of hydrogen-bond donors (Lipinski definition) is 1. The fourth-order valence-corrected chi connectivity index (χ4v) is 2.38. The summed E-state index contributed by atoms with van der Waals surface area (Å²) in [6, 6.07) is 7.47. The van der Waals surface area contributed by atoms with E-state index in [0.717, 1.165) is 18.4 Å². The van der Waals surface area contributed by atoms with Crippen molar-refractivity contribution in [2.75, 3.05) is 13.6 Å². The molecule has 0 saturated heterocycles. The van der Waals surface area contributed by atoms with Crippen molar-refractivity contribution in [3.8, 4) is 11.5 Å². The standard InChI is InChI=1S/C16H19ClN4O2/c1-10(21(2)9-14(22)18-13-6-7-13)15-19-20-16(23-15)11-4-3-5-12(17)8-11/h3-5,8,10,13H,6-7,9H2,1-2H3,(H,18,22)/t10-/m1/s1. The van der Waals surface area contributed by atoms with E-state index in [4.69, 9.17) is 16.0 Å². The predicted octanol–water partition coefficient (Wildman–Crippen LogP) is 2.66. The van der Waals surface area contributed by atoms with Gasteiger partial charge in [0.15, 0.2) is 0 Å². The molecule has 2 aromatic rings. The summed E-state index contributed by atoms with van der Waals surface area (Å²) in [4.78, 5) is 13.8. The molecule has 3 rings (SSSR count). The van der Waals surface area contributed by atoms with Gasteiger partial charge in [0.1, 0.15) is 0 Å². The molecule has 1 heterocycles. The molecular formula is C16H19ClN4O2. The Kier molecular flexibility index (Phi) is 4.63. The Hall–Kier alpha value is -1.92. The lowest BCUT2D eigenvalue weighted by atomic mass is 10.2. The van der Waals surface area contributed by atoms with Crippen LogP contribution >= 0.6 is 11.6 Å². The van der Waals surface area contributed by atoms with E-state index >= 15 is 0 Å². The van der Waals surface area contributed by atoms with E-state index < -0.39 is 0 Å². The van der Waals surface area contributed by atoms with Crippen LogP contribution in [0.2, 0.25) is 5.02 Å². The Labute approximate surface area is 139 Å². The van der Waals surface area contributed by atoms with Crippen LogP contribution in [0.1, 0.15) is 31.7 Å². The minimum Gasteiger partial charge on any atom is -0.419 e. The largest absolute Gasteiger partial charge is 0.419 e. The Bertz CT molecular complexity index is 699. The van der Waals surface area contributed by atoms with Crippen LogP contribution in [0.5, 0.6) is 0 Å². The van der Waals surface area contributed by atoms with E-state index in [-0.39, 0.29) is 11.9 Å². The molecular weight excluding hydrogens is 316 g/mol. The molecule has 1 amide bonds. The van der Waals surface area contributed by atoms with Gasteiger partial charge >= 0.3 is 0 Å². The van der Waals surface area contributed by atoms with Crippen LogP contribution in [0.15, 0.2) is 28.7 Å². The first kappa shape index (κ1) is 16.0. The van der Waals surface area contributed by atoms with Crippen molar-refractivity contribution >= 4 is 17.5 Å². The third kappa shape index (κ3) is 4.09. The van der Waals surface area contributed by atoms with E-state index in [1.807, 2.05) is 31.0 Å². The monoisotopic (exact) mass is 334 g/mol. The topological polar surface area (TPSA) is 71.3 Å². The number of halogens is 1. The van der Waals surface area contributed by atoms with Crippen LogP contribution in [0.4, 0.5) is 0 Å². The summed E-state index contributed by atoms with van der Waals surface area (Å²) in [5.74, 6) is 0.920. The fraction of sp³-hybridized carbons (Fsp3) is 0.438. The smallest absolute Gasteiger partial charge is 0.247 e. The summed E-state index contributed by atoms with van der Waals surface area (Å²) in [6.07, 6.45) is 2.16. The molecule has 1 aromatic heterocycles. The Morgan fingerprint density at radius 2 is 2.26 bits per heavy atom. The van der Waals surface area contributed by atoms with Gasteiger partial charge in [0.25, 0.3) is 0 Å². The Morgan fingerprint density at radius 3 is 2.96 bits per heavy atom. The third-order valence-corrected chi connectivity index (χ3v) is 4.10. The van der Waals surface area contributed by atoms with Gasteiger partial charge in [-0.15, -0.1) is 10.2 Å². The molecule has 1 aliphatic rings. The Morgan fingerprint density at radius 1 is 1.48 bits per heavy atom. The molecule has 0 bridgehead atoms. The van der Waals surface area contributed by atoms with Gasteiger partial charge in [-0.05, 0) is 45.0 Å². The van der Waals surface area contributed by atoms with Crippen molar-refractivity contribution < 1.29 is 9.21 Å². The van der Waals surface area contributed by atoms with Crippen molar-refractivity contribution in [1.82, 2.24) is 20.4 Å². The number of carbonyl (C=O) groups excluding carboxylic acids is 1. The van der Waals surface area contributed by atoms with Gasteiger partial charge in [0.05, 0.1) is 12.6 Å². The molecule has 0 radical (unpaired) electrons. The number of nitrogens with one attached hydrogen (secondary N) is 1. The van der Waals surface area contributed by atoms with Gasteiger partial charge in [-0.3, -0.25) is 9.69 Å². The van der Waals surface area contributed by atoms with E-state index in [1.165, 1.54) is 0 Å². The van der Waals surface area contributed by atoms with Gasteiger partial charge in [0, 0.05) is 16.6 Å². The van der Waals surface area contributed by atoms with Gasteiger partial charge in [-0.2, -0.15) is 0 Å². The lowest BCUT2D eigenvalue weighted by Gasteiger charge is -2.20. The van der Waals surface area contributed by atoms with Crippen molar-refractivity contribution in [2.24, 2.45) is 0 Å². The summed E-state index contributed by atoms with van der Waals surface area (Å²) in [7, 11) is 1.86. The minimum atomic E-state index is -0.152. The maximum atomic E-state index is 11.9. The molecule has 0 aliphatic heterocycles. The van der Waals surface area contributed by atoms with Crippen molar-refractivity contribution in [1.29, 1.82) is 0 Å². The zero-order valence-electron chi connectivity index (χ0n) is 13.1. The van der Waals surface area contributed by atoms with E-state index in [9.17, 15) is 4.79 Å². The van der Waals surface area contributed by atoms with Gasteiger partial charge in [-0.1, -0.05) is 17.7 Å². The van der Waals surface area contributed by atoms with E-state index in [0.29, 0.717) is 29.4 Å². The lowest BCUT2D eigenvalue weighted by molar-refractivity contribution is -0.122. The van der Waals surface area contributed by atoms with Crippen molar-refractivity contribution in [2.45, 2.75) is 31.8 Å². The minimum absolute atomic E-state index is 0.0245. The summed E-state index contributed by atoms with van der Waals surface area (Å²) in [5, 5.41) is 11.7. The first-order valence-corrected chi connectivity index (χ1v) is 7.99. The van der Waals surface area contributed by atoms with Crippen LogP contribution in [-0.2, 0) is 4.79 Å². The molecule has 1 saturated carbocycles. The second kappa shape index (κ2) is 6.68. The number of benzene rings is 1. The summed E-state index contributed by atoms with van der Waals surface area (Å²) >= 11 is 5.98. The molecule has 1 fully saturated rings. The van der Waals surface area contributed by atoms with Crippen LogP contribution in [-0.4, -0.2) is 40.6 Å². The highest BCUT2D eigenvalue weighted by molar-refractivity contribution is 6.30. The second-order valence-corrected chi connectivity index (χ2v) is 6.33. The van der Waals surface area contributed by atoms with Crippen molar-refractivity contribution in [3.63, 3.8) is 0 Å². The van der Waals surface area contributed by atoms with Crippen LogP contribution in [0, 0.1) is 0 Å². The molecule has 1 aliphatic carbocycles. The summed E-state index contributed by atoms with van der Waals surface area (Å²) < 4.78 is 5.73. The lowest BCUT2D eigenvalue weighted by Crippen LogP contribution is -2.37. The molecule has 0 unspecified atom stereocenters. The van der Waals surface area contributed by atoms with Crippen LogP contribution in [0.25, 0.3) is 11.5 Å². The summed E-state index contributed by atoms with van der Waals surface area (Å²) in [5.41, 5.74) is 0.776. The average Bonchev–Trinajstić information content (AvgIpc) is 3.18. The first-order chi connectivity index (χ1) is 11.0. The third-order valence-electron chi connectivity index (χ3n) is 3.87. The average molecular weight is 335 g/mol. The number of nitrogens with zero attached hydrogens (tertiary/aromatic N) is 3. The molecule has 23 heavy (non-hydrogen) atoms.